The van der Waals surface area contributed by atoms with E-state index in [1.165, 1.54) is 36.4 Å². The normalized spacial score (nSPS) is 17.6. The fourth-order valence-corrected chi connectivity index (χ4v) is 7.20. The number of aliphatic carboxylic acids is 1. The fourth-order valence-electron chi connectivity index (χ4n) is 7.20. The van der Waals surface area contributed by atoms with Gasteiger partial charge in [0, 0.05) is 32.1 Å². The summed E-state index contributed by atoms with van der Waals surface area (Å²) in [5.74, 6) is -6.99. The van der Waals surface area contributed by atoms with E-state index in [2.05, 4.69) is 10.6 Å². The van der Waals surface area contributed by atoms with Gasteiger partial charge in [0.2, 0.25) is 23.6 Å². The van der Waals surface area contributed by atoms with Crippen molar-refractivity contribution < 1.29 is 81.6 Å². The number of carboxylic acids is 1. The molecule has 5 N–H and O–H groups in total. The summed E-state index contributed by atoms with van der Waals surface area (Å²) in [4.78, 5) is 145. The zero-order chi connectivity index (χ0) is 51.4. The molecule has 2 saturated heterocycles. The zero-order valence-corrected chi connectivity index (χ0v) is 39.3. The van der Waals surface area contributed by atoms with Gasteiger partial charge < -0.3 is 29.8 Å². The van der Waals surface area contributed by atoms with Crippen LogP contribution in [0.5, 0.6) is 11.5 Å². The van der Waals surface area contributed by atoms with Gasteiger partial charge in [-0.05, 0) is 104 Å². The predicted octanol–water partition coefficient (Wildman–Crippen LogP) is 2.56. The number of esters is 2. The van der Waals surface area contributed by atoms with Gasteiger partial charge >= 0.3 is 17.9 Å². The molecule has 2 aromatic carbocycles. The summed E-state index contributed by atoms with van der Waals surface area (Å²) in [6, 6.07) is 6.52. The van der Waals surface area contributed by atoms with E-state index in [0.29, 0.717) is 32.2 Å². The van der Waals surface area contributed by atoms with Crippen LogP contribution in [0.25, 0.3) is 0 Å². The van der Waals surface area contributed by atoms with Crippen LogP contribution in [0.1, 0.15) is 147 Å². The largest absolute Gasteiger partial charge is 0.485 e. The number of carboxylic acid groups (broad SMARTS) is 1. The lowest BCUT2D eigenvalue weighted by Gasteiger charge is -2.27. The number of nitrogens with one attached hydrogen (secondary N) is 2. The summed E-state index contributed by atoms with van der Waals surface area (Å²) >= 11 is 0. The van der Waals surface area contributed by atoms with Crippen LogP contribution in [0.15, 0.2) is 36.4 Å². The van der Waals surface area contributed by atoms with Crippen molar-refractivity contribution in [2.75, 3.05) is 19.8 Å². The average molecular weight is 964 g/mol. The van der Waals surface area contributed by atoms with E-state index in [9.17, 15) is 57.5 Å². The molecule has 0 spiro atoms. The molecule has 22 heteroatoms. The Morgan fingerprint density at radius 2 is 1.01 bits per heavy atom. The number of imide groups is 4. The van der Waals surface area contributed by atoms with Crippen LogP contribution in [0.3, 0.4) is 0 Å². The number of nitrogens with two attached hydrogens (primary N) is 1. The van der Waals surface area contributed by atoms with Gasteiger partial charge in [-0.3, -0.25) is 73.2 Å². The number of piperidine rings is 2. The number of carbonyl (C=O) groups is 12. The molecule has 69 heavy (non-hydrogen) atoms. The first-order valence-corrected chi connectivity index (χ1v) is 22.2. The van der Waals surface area contributed by atoms with Crippen molar-refractivity contribution in [3.8, 4) is 11.5 Å². The Morgan fingerprint density at radius 1 is 0.609 bits per heavy atom. The molecular weight excluding hydrogens is 907 g/mol. The number of Topliss-reactive ketones (excluding diaryl/α,β-unsaturated/α-hetero) is 1. The number of fused-ring (bicyclic) bond motifs is 2. The lowest BCUT2D eigenvalue weighted by atomic mass is 10.0. The summed E-state index contributed by atoms with van der Waals surface area (Å²) in [6.07, 6.45) is 2.64. The summed E-state index contributed by atoms with van der Waals surface area (Å²) in [6.45, 7) is 10.5. The molecule has 0 aromatic heterocycles. The van der Waals surface area contributed by atoms with Gasteiger partial charge in [-0.15, -0.1) is 0 Å². The van der Waals surface area contributed by atoms with Crippen molar-refractivity contribution in [3.05, 3.63) is 58.7 Å². The lowest BCUT2D eigenvalue weighted by molar-refractivity contribution is -0.156. The number of ketones is 1. The van der Waals surface area contributed by atoms with Crippen molar-refractivity contribution >= 4 is 70.9 Å². The molecule has 2 atom stereocenters. The second kappa shape index (κ2) is 23.6. The molecule has 4 heterocycles. The molecule has 2 aromatic rings. The van der Waals surface area contributed by atoms with E-state index in [1.54, 1.807) is 20.8 Å². The topological polar surface area (TPSA) is 319 Å². The summed E-state index contributed by atoms with van der Waals surface area (Å²) < 4.78 is 20.9. The van der Waals surface area contributed by atoms with Gasteiger partial charge in [0.05, 0.1) is 22.3 Å². The van der Waals surface area contributed by atoms with Gasteiger partial charge in [-0.1, -0.05) is 12.1 Å². The maximum absolute atomic E-state index is 13.0. The number of carbonyl (C=O) groups excluding carboxylic acids is 11. The highest BCUT2D eigenvalue weighted by atomic mass is 16.6. The molecule has 0 saturated carbocycles. The second-order valence-corrected chi connectivity index (χ2v) is 18.0. The van der Waals surface area contributed by atoms with E-state index in [0.717, 1.165) is 9.80 Å². The molecule has 6 rings (SSSR count). The molecule has 372 valence electrons. The molecule has 8 amide bonds. The Bertz CT molecular complexity index is 2400. The second-order valence-electron chi connectivity index (χ2n) is 18.0. The van der Waals surface area contributed by atoms with E-state index in [1.807, 2.05) is 20.8 Å². The summed E-state index contributed by atoms with van der Waals surface area (Å²) in [5, 5.41) is 12.9. The van der Waals surface area contributed by atoms with Crippen molar-refractivity contribution in [2.45, 2.75) is 129 Å². The third kappa shape index (κ3) is 15.1. The smallest absolute Gasteiger partial charge is 0.341 e. The highest BCUT2D eigenvalue weighted by Crippen LogP contribution is 2.35. The van der Waals surface area contributed by atoms with Crippen LogP contribution < -0.4 is 25.8 Å². The minimum Gasteiger partial charge on any atom is -0.485 e. The SMILES string of the molecule is CC(C)(C)OC(=O)CCCCC(=O)COc1cccc2c1C(=O)N(C1CCC(=O)NC1=O)C2=O.CC(C)(C)OC(=O)CCCN.O=C(O)COc1cccc2c1C(=O)N(C1CCC(=O)NC1=O)C2=O. The van der Waals surface area contributed by atoms with Crippen molar-refractivity contribution in [1.29, 1.82) is 0 Å². The number of ether oxygens (including phenoxy) is 4. The number of benzene rings is 2. The molecule has 22 nitrogen and oxygen atoms in total. The summed E-state index contributed by atoms with van der Waals surface area (Å²) in [7, 11) is 0. The first-order chi connectivity index (χ1) is 32.3. The Hall–Kier alpha value is -7.36. The summed E-state index contributed by atoms with van der Waals surface area (Å²) in [5.41, 5.74) is 4.35. The molecule has 0 aliphatic carbocycles. The van der Waals surface area contributed by atoms with Gasteiger partial charge in [-0.2, -0.15) is 0 Å². The van der Waals surface area contributed by atoms with E-state index < -0.39 is 77.5 Å². The van der Waals surface area contributed by atoms with Gasteiger partial charge in [-0.25, -0.2) is 4.79 Å². The molecule has 4 aliphatic rings. The molecule has 4 aliphatic heterocycles. The van der Waals surface area contributed by atoms with E-state index in [-0.39, 0.29) is 102 Å². The lowest BCUT2D eigenvalue weighted by Crippen LogP contribution is -2.54. The number of hydrogen-bond acceptors (Lipinski definition) is 17. The third-order valence-corrected chi connectivity index (χ3v) is 10.1. The quantitative estimate of drug-likeness (QED) is 0.107. The Labute approximate surface area is 396 Å². The predicted molar refractivity (Wildman–Crippen MR) is 238 cm³/mol. The van der Waals surface area contributed by atoms with Gasteiger partial charge in [0.25, 0.3) is 23.6 Å². The first-order valence-electron chi connectivity index (χ1n) is 22.2. The zero-order valence-electron chi connectivity index (χ0n) is 39.3. The number of amides is 8. The number of nitrogens with zero attached hydrogens (tertiary/aromatic N) is 2. The van der Waals surface area contributed by atoms with Crippen LogP contribution in [0.4, 0.5) is 0 Å². The molecule has 0 radical (unpaired) electrons. The van der Waals surface area contributed by atoms with Crippen molar-refractivity contribution in [3.63, 3.8) is 0 Å². The molecule has 2 fully saturated rings. The molecular formula is C47H57N5O17. The van der Waals surface area contributed by atoms with Crippen LogP contribution >= 0.6 is 0 Å². The van der Waals surface area contributed by atoms with Crippen LogP contribution in [-0.4, -0.2) is 129 Å². The van der Waals surface area contributed by atoms with Crippen molar-refractivity contribution in [1.82, 2.24) is 20.4 Å². The van der Waals surface area contributed by atoms with E-state index >= 15 is 0 Å². The maximum Gasteiger partial charge on any atom is 0.341 e. The minimum atomic E-state index is -1.23. The third-order valence-electron chi connectivity index (χ3n) is 10.1. The molecule has 2 unspecified atom stereocenters. The Morgan fingerprint density at radius 3 is 1.41 bits per heavy atom. The highest BCUT2D eigenvalue weighted by molar-refractivity contribution is 6.25. The number of hydrogen-bond donors (Lipinski definition) is 4. The van der Waals surface area contributed by atoms with Crippen molar-refractivity contribution in [2.24, 2.45) is 5.73 Å². The van der Waals surface area contributed by atoms with Crippen LogP contribution in [0, 0.1) is 0 Å². The maximum atomic E-state index is 13.0. The Balaban J connectivity index is 0.000000256. The molecule has 0 bridgehead atoms. The van der Waals surface area contributed by atoms with Gasteiger partial charge in [0.1, 0.15) is 41.4 Å². The fraction of sp³-hybridized carbons (Fsp3) is 0.489. The Kier molecular flexibility index (Phi) is 18.5. The highest BCUT2D eigenvalue weighted by Gasteiger charge is 2.47. The number of unbranched alkanes of at least 4 members (excludes halogenated alkanes) is 1. The monoisotopic (exact) mass is 963 g/mol. The average Bonchev–Trinajstić information content (AvgIpc) is 3.66. The minimum absolute atomic E-state index is 0.00470. The standard InChI is InChI=1S/C24H28N2O8.C15H12N2O7.C8H17NO2/c1-24(2,3)34-19(29)10-5-4-7-14(27)13-33-17-9-6-8-15-20(17)23(32)26(22(15)31)16-11-12-18(28)25-21(16)30;18-10-5-4-8(13(21)16-10)17-14(22)7-2-1-3-9(12(7)15(17)23)24-6-11(19)20;1-8(2,3)11-7(10)5-4-6-9/h6,8-9,16H,4-5,7,10-13H2,1-3H3,(H,25,28,30);1-3,8H,4-6H2,(H,19,20)(H,16,18,21);4-6,9H2,1-3H3. The first kappa shape index (κ1) is 54.2. The van der Waals surface area contributed by atoms with Crippen LogP contribution in [-0.2, 0) is 47.8 Å². The van der Waals surface area contributed by atoms with E-state index in [4.69, 9.17) is 29.8 Å². The van der Waals surface area contributed by atoms with Gasteiger partial charge in [0.15, 0.2) is 12.4 Å². The van der Waals surface area contributed by atoms with Crippen LogP contribution in [0.2, 0.25) is 0 Å². The number of rotatable bonds is 16.